The van der Waals surface area contributed by atoms with Gasteiger partial charge in [0.2, 0.25) is 0 Å². The standard InChI is InChI=1S/C12H12ClF3O/c1-9(4-3-7-13)10-5-2-6-11(8-10)17-12(14,15)16/h2,4-6,8H,3,7H2,1H3. The molecule has 0 saturated heterocycles. The van der Waals surface area contributed by atoms with E-state index >= 15 is 0 Å². The third-order valence-electron chi connectivity index (χ3n) is 2.08. The van der Waals surface area contributed by atoms with E-state index in [-0.39, 0.29) is 5.75 Å². The third-order valence-corrected chi connectivity index (χ3v) is 2.30. The van der Waals surface area contributed by atoms with Gasteiger partial charge in [0.25, 0.3) is 0 Å². The number of alkyl halides is 4. The van der Waals surface area contributed by atoms with Crippen molar-refractivity contribution >= 4 is 17.2 Å². The van der Waals surface area contributed by atoms with Gasteiger partial charge >= 0.3 is 6.36 Å². The molecule has 0 N–H and O–H groups in total. The summed E-state index contributed by atoms with van der Waals surface area (Å²) in [6, 6.07) is 5.87. The van der Waals surface area contributed by atoms with E-state index in [2.05, 4.69) is 4.74 Å². The number of allylic oxidation sites excluding steroid dienone is 2. The van der Waals surface area contributed by atoms with Gasteiger partial charge in [-0.2, -0.15) is 0 Å². The average molecular weight is 265 g/mol. The Morgan fingerprint density at radius 3 is 2.71 bits per heavy atom. The lowest BCUT2D eigenvalue weighted by molar-refractivity contribution is -0.274. The third kappa shape index (κ3) is 5.13. The summed E-state index contributed by atoms with van der Waals surface area (Å²) in [5, 5.41) is 0. The van der Waals surface area contributed by atoms with Crippen molar-refractivity contribution < 1.29 is 17.9 Å². The molecule has 1 rings (SSSR count). The number of halogens is 4. The van der Waals surface area contributed by atoms with E-state index < -0.39 is 6.36 Å². The van der Waals surface area contributed by atoms with E-state index in [9.17, 15) is 13.2 Å². The van der Waals surface area contributed by atoms with Crippen LogP contribution in [0.5, 0.6) is 5.75 Å². The van der Waals surface area contributed by atoms with Gasteiger partial charge in [-0.05, 0) is 36.6 Å². The van der Waals surface area contributed by atoms with E-state index in [1.807, 2.05) is 13.0 Å². The first kappa shape index (κ1) is 13.9. The van der Waals surface area contributed by atoms with Gasteiger partial charge in [0.1, 0.15) is 5.75 Å². The highest BCUT2D eigenvalue weighted by Crippen LogP contribution is 2.25. The normalized spacial score (nSPS) is 12.6. The molecule has 1 aromatic carbocycles. The summed E-state index contributed by atoms with van der Waals surface area (Å²) >= 11 is 5.53. The molecule has 0 atom stereocenters. The molecule has 94 valence electrons. The minimum absolute atomic E-state index is 0.214. The number of rotatable bonds is 4. The molecule has 17 heavy (non-hydrogen) atoms. The van der Waals surface area contributed by atoms with E-state index in [1.54, 1.807) is 6.07 Å². The molecule has 0 saturated carbocycles. The van der Waals surface area contributed by atoms with E-state index in [1.165, 1.54) is 18.2 Å². The summed E-state index contributed by atoms with van der Waals surface area (Å²) in [7, 11) is 0. The number of benzene rings is 1. The van der Waals surface area contributed by atoms with Gasteiger partial charge in [-0.3, -0.25) is 0 Å². The van der Waals surface area contributed by atoms with Gasteiger partial charge in [-0.25, -0.2) is 0 Å². The molecule has 0 aliphatic carbocycles. The van der Waals surface area contributed by atoms with Crippen LogP contribution < -0.4 is 4.74 Å². The molecule has 0 spiro atoms. The van der Waals surface area contributed by atoms with Crippen LogP contribution in [0.3, 0.4) is 0 Å². The predicted octanol–water partition coefficient (Wildman–Crippen LogP) is 4.62. The second-order valence-corrected chi connectivity index (χ2v) is 3.82. The quantitative estimate of drug-likeness (QED) is 0.721. The summed E-state index contributed by atoms with van der Waals surface area (Å²) in [6.45, 7) is 1.82. The van der Waals surface area contributed by atoms with Gasteiger partial charge in [0.15, 0.2) is 0 Å². The van der Waals surface area contributed by atoms with Crippen LogP contribution in [0.2, 0.25) is 0 Å². The Bertz CT molecular complexity index is 399. The van der Waals surface area contributed by atoms with Crippen LogP contribution in [0, 0.1) is 0 Å². The van der Waals surface area contributed by atoms with E-state index in [4.69, 9.17) is 11.6 Å². The lowest BCUT2D eigenvalue weighted by Crippen LogP contribution is -2.17. The molecule has 0 unspecified atom stereocenters. The first-order valence-corrected chi connectivity index (χ1v) is 5.55. The number of hydrogen-bond donors (Lipinski definition) is 0. The van der Waals surface area contributed by atoms with E-state index in [0.29, 0.717) is 17.9 Å². The average Bonchev–Trinajstić information content (AvgIpc) is 2.24. The van der Waals surface area contributed by atoms with Crippen LogP contribution >= 0.6 is 11.6 Å². The SMILES string of the molecule is CC(=CCCCl)c1cccc(OC(F)(F)F)c1. The Balaban J connectivity index is 2.86. The molecule has 0 amide bonds. The topological polar surface area (TPSA) is 9.23 Å². The van der Waals surface area contributed by atoms with Crippen molar-refractivity contribution in [1.29, 1.82) is 0 Å². The molecule has 0 aromatic heterocycles. The lowest BCUT2D eigenvalue weighted by atomic mass is 10.1. The van der Waals surface area contributed by atoms with Gasteiger partial charge in [-0.15, -0.1) is 24.8 Å². The zero-order valence-electron chi connectivity index (χ0n) is 9.22. The summed E-state index contributed by atoms with van der Waals surface area (Å²) < 4.78 is 39.9. The highest BCUT2D eigenvalue weighted by Gasteiger charge is 2.31. The predicted molar refractivity (Wildman–Crippen MR) is 62.1 cm³/mol. The molecule has 0 radical (unpaired) electrons. The minimum atomic E-state index is -4.66. The minimum Gasteiger partial charge on any atom is -0.406 e. The highest BCUT2D eigenvalue weighted by molar-refractivity contribution is 6.17. The Kier molecular flexibility index (Phi) is 4.87. The first-order valence-electron chi connectivity index (χ1n) is 5.01. The fourth-order valence-electron chi connectivity index (χ4n) is 1.33. The van der Waals surface area contributed by atoms with Crippen molar-refractivity contribution in [3.8, 4) is 5.75 Å². The van der Waals surface area contributed by atoms with Crippen molar-refractivity contribution in [3.63, 3.8) is 0 Å². The zero-order chi connectivity index (χ0) is 12.9. The maximum Gasteiger partial charge on any atom is 0.573 e. The lowest BCUT2D eigenvalue weighted by Gasteiger charge is -2.10. The fraction of sp³-hybridized carbons (Fsp3) is 0.333. The van der Waals surface area contributed by atoms with Crippen molar-refractivity contribution in [1.82, 2.24) is 0 Å². The van der Waals surface area contributed by atoms with Crippen molar-refractivity contribution in [3.05, 3.63) is 35.9 Å². The number of ether oxygens (including phenoxy) is 1. The van der Waals surface area contributed by atoms with Crippen LogP contribution in [-0.4, -0.2) is 12.2 Å². The van der Waals surface area contributed by atoms with Gasteiger partial charge in [0.05, 0.1) is 0 Å². The van der Waals surface area contributed by atoms with Crippen LogP contribution in [0.4, 0.5) is 13.2 Å². The molecule has 1 nitrogen and oxygen atoms in total. The second kappa shape index (κ2) is 5.96. The smallest absolute Gasteiger partial charge is 0.406 e. The van der Waals surface area contributed by atoms with Crippen LogP contribution in [0.1, 0.15) is 18.9 Å². The van der Waals surface area contributed by atoms with Crippen molar-refractivity contribution in [2.75, 3.05) is 5.88 Å². The molecule has 0 aliphatic heterocycles. The monoisotopic (exact) mass is 264 g/mol. The largest absolute Gasteiger partial charge is 0.573 e. The Morgan fingerprint density at radius 1 is 1.41 bits per heavy atom. The maximum absolute atomic E-state index is 12.0. The zero-order valence-corrected chi connectivity index (χ0v) is 9.98. The van der Waals surface area contributed by atoms with Crippen LogP contribution in [-0.2, 0) is 0 Å². The van der Waals surface area contributed by atoms with Gasteiger partial charge < -0.3 is 4.74 Å². The van der Waals surface area contributed by atoms with Crippen LogP contribution in [0.15, 0.2) is 30.3 Å². The molecule has 0 heterocycles. The number of hydrogen-bond acceptors (Lipinski definition) is 1. The summed E-state index contributed by atoms with van der Waals surface area (Å²) in [5.41, 5.74) is 1.56. The maximum atomic E-state index is 12.0. The molecular weight excluding hydrogens is 253 g/mol. The Morgan fingerprint density at radius 2 is 2.12 bits per heavy atom. The highest BCUT2D eigenvalue weighted by atomic mass is 35.5. The molecule has 5 heteroatoms. The first-order chi connectivity index (χ1) is 7.92. The molecular formula is C12H12ClF3O. The summed E-state index contributed by atoms with van der Waals surface area (Å²) in [6.07, 6.45) is -2.11. The van der Waals surface area contributed by atoms with Crippen LogP contribution in [0.25, 0.3) is 5.57 Å². The van der Waals surface area contributed by atoms with E-state index in [0.717, 1.165) is 5.57 Å². The van der Waals surface area contributed by atoms with Crippen molar-refractivity contribution in [2.24, 2.45) is 0 Å². The summed E-state index contributed by atoms with van der Waals surface area (Å²) in [4.78, 5) is 0. The molecule has 0 aliphatic rings. The van der Waals surface area contributed by atoms with Crippen molar-refractivity contribution in [2.45, 2.75) is 19.7 Å². The van der Waals surface area contributed by atoms with Gasteiger partial charge in [-0.1, -0.05) is 18.2 Å². The molecule has 0 bridgehead atoms. The Hall–Kier alpha value is -1.16. The Labute approximate surface area is 103 Å². The molecule has 0 fully saturated rings. The second-order valence-electron chi connectivity index (χ2n) is 3.44. The van der Waals surface area contributed by atoms with Gasteiger partial charge in [0, 0.05) is 5.88 Å². The fourth-order valence-corrected chi connectivity index (χ4v) is 1.44. The summed E-state index contributed by atoms with van der Waals surface area (Å²) in [5.74, 6) is 0.268. The molecule has 1 aromatic rings.